The highest BCUT2D eigenvalue weighted by molar-refractivity contribution is 6.24. The Morgan fingerprint density at radius 1 is 0.939 bits per heavy atom. The van der Waals surface area contributed by atoms with Gasteiger partial charge in [-0.1, -0.05) is 42.5 Å². The molecule has 168 valence electrons. The van der Waals surface area contributed by atoms with Crippen LogP contribution >= 0.6 is 0 Å². The van der Waals surface area contributed by atoms with Gasteiger partial charge in [0, 0.05) is 49.6 Å². The topological polar surface area (TPSA) is 75.9 Å². The summed E-state index contributed by atoms with van der Waals surface area (Å²) < 4.78 is 5.23. The Balaban J connectivity index is 1.55. The van der Waals surface area contributed by atoms with Crippen LogP contribution in [0.25, 0.3) is 11.6 Å². The molecule has 0 N–H and O–H groups in total. The van der Waals surface area contributed by atoms with E-state index in [4.69, 9.17) is 4.74 Å². The number of nitro groups is 1. The van der Waals surface area contributed by atoms with E-state index in [9.17, 15) is 14.9 Å². The fourth-order valence-corrected chi connectivity index (χ4v) is 3.91. The minimum atomic E-state index is -0.431. The van der Waals surface area contributed by atoms with Gasteiger partial charge in [0.2, 0.25) is 0 Å². The minimum Gasteiger partial charge on any atom is -0.497 e. The molecule has 3 aromatic carbocycles. The fraction of sp³-hybridized carbons (Fsp3) is 0.192. The van der Waals surface area contributed by atoms with Gasteiger partial charge in [-0.15, -0.1) is 0 Å². The Bertz CT molecular complexity index is 1150. The van der Waals surface area contributed by atoms with Crippen molar-refractivity contribution in [2.75, 3.05) is 38.2 Å². The summed E-state index contributed by atoms with van der Waals surface area (Å²) in [6.07, 6.45) is 1.74. The second-order valence-electron chi connectivity index (χ2n) is 7.75. The van der Waals surface area contributed by atoms with E-state index in [0.29, 0.717) is 24.2 Å². The first-order valence-electron chi connectivity index (χ1n) is 10.7. The molecule has 7 heteroatoms. The van der Waals surface area contributed by atoms with Crippen LogP contribution < -0.4 is 9.64 Å². The summed E-state index contributed by atoms with van der Waals surface area (Å²) >= 11 is 0. The lowest BCUT2D eigenvalue weighted by Gasteiger charge is -2.36. The van der Waals surface area contributed by atoms with E-state index in [1.807, 2.05) is 59.5 Å². The van der Waals surface area contributed by atoms with Crippen LogP contribution in [0.4, 0.5) is 11.4 Å². The SMILES string of the molecule is COc1ccc(N2CCN(C(=O)/C(=C/c3cccc([N+](=O)[O-])c3)c3ccccc3)CC2)cc1. The van der Waals surface area contributed by atoms with Gasteiger partial charge in [-0.05, 0) is 41.5 Å². The zero-order chi connectivity index (χ0) is 23.2. The van der Waals surface area contributed by atoms with Crippen molar-refractivity contribution in [3.8, 4) is 5.75 Å². The molecule has 4 rings (SSSR count). The lowest BCUT2D eigenvalue weighted by Crippen LogP contribution is -2.49. The molecule has 0 bridgehead atoms. The third-order valence-electron chi connectivity index (χ3n) is 5.71. The molecule has 0 aliphatic carbocycles. The van der Waals surface area contributed by atoms with Gasteiger partial charge in [-0.2, -0.15) is 0 Å². The van der Waals surface area contributed by atoms with Gasteiger partial charge in [0.15, 0.2) is 0 Å². The van der Waals surface area contributed by atoms with E-state index in [1.54, 1.807) is 25.3 Å². The quantitative estimate of drug-likeness (QED) is 0.243. The average molecular weight is 444 g/mol. The third kappa shape index (κ3) is 5.20. The van der Waals surface area contributed by atoms with Gasteiger partial charge >= 0.3 is 0 Å². The van der Waals surface area contributed by atoms with Crippen LogP contribution in [0, 0.1) is 10.1 Å². The molecule has 1 aliphatic rings. The Kier molecular flexibility index (Phi) is 6.69. The van der Waals surface area contributed by atoms with Crippen molar-refractivity contribution in [2.24, 2.45) is 0 Å². The van der Waals surface area contributed by atoms with Gasteiger partial charge in [0.25, 0.3) is 11.6 Å². The molecule has 0 aromatic heterocycles. The third-order valence-corrected chi connectivity index (χ3v) is 5.71. The van der Waals surface area contributed by atoms with Crippen molar-refractivity contribution in [1.29, 1.82) is 0 Å². The van der Waals surface area contributed by atoms with E-state index in [0.717, 1.165) is 30.1 Å². The number of amides is 1. The number of hydrogen-bond acceptors (Lipinski definition) is 5. The zero-order valence-electron chi connectivity index (χ0n) is 18.4. The monoisotopic (exact) mass is 443 g/mol. The molecule has 0 spiro atoms. The molecule has 1 amide bonds. The molecular formula is C26H25N3O4. The Labute approximate surface area is 192 Å². The van der Waals surface area contributed by atoms with Gasteiger partial charge in [0.1, 0.15) is 5.75 Å². The molecule has 7 nitrogen and oxygen atoms in total. The van der Waals surface area contributed by atoms with Crippen LogP contribution in [0.2, 0.25) is 0 Å². The summed E-state index contributed by atoms with van der Waals surface area (Å²) in [6.45, 7) is 2.61. The molecule has 3 aromatic rings. The first kappa shape index (κ1) is 22.1. The number of anilines is 1. The Morgan fingerprint density at radius 2 is 1.64 bits per heavy atom. The highest BCUT2D eigenvalue weighted by atomic mass is 16.6. The lowest BCUT2D eigenvalue weighted by molar-refractivity contribution is -0.384. The normalized spacial score (nSPS) is 14.2. The predicted octanol–water partition coefficient (Wildman–Crippen LogP) is 4.49. The van der Waals surface area contributed by atoms with Crippen LogP contribution in [0.5, 0.6) is 5.75 Å². The second-order valence-corrected chi connectivity index (χ2v) is 7.75. The summed E-state index contributed by atoms with van der Waals surface area (Å²) in [4.78, 5) is 28.4. The highest BCUT2D eigenvalue weighted by Crippen LogP contribution is 2.25. The molecule has 0 atom stereocenters. The number of methoxy groups -OCH3 is 1. The minimum absolute atomic E-state index is 0.00304. The number of carbonyl (C=O) groups excluding carboxylic acids is 1. The molecule has 0 radical (unpaired) electrons. The number of hydrogen-bond donors (Lipinski definition) is 0. The largest absolute Gasteiger partial charge is 0.497 e. The average Bonchev–Trinajstić information content (AvgIpc) is 2.88. The molecule has 0 saturated carbocycles. The number of benzene rings is 3. The van der Waals surface area contributed by atoms with E-state index < -0.39 is 4.92 Å². The standard InChI is InChI=1S/C26H25N3O4/c1-33-24-12-10-22(11-13-24)27-14-16-28(17-15-27)26(30)25(21-7-3-2-4-8-21)19-20-6-5-9-23(18-20)29(31)32/h2-13,18-19H,14-17H2,1H3/b25-19+. The van der Waals surface area contributed by atoms with Crippen LogP contribution in [0.3, 0.4) is 0 Å². The molecule has 0 unspecified atom stereocenters. The summed E-state index contributed by atoms with van der Waals surface area (Å²) in [5.74, 6) is 0.730. The smallest absolute Gasteiger partial charge is 0.270 e. The van der Waals surface area contributed by atoms with Crippen molar-refractivity contribution in [3.05, 3.63) is 100 Å². The van der Waals surface area contributed by atoms with Gasteiger partial charge < -0.3 is 14.5 Å². The van der Waals surface area contributed by atoms with Crippen LogP contribution in [0.1, 0.15) is 11.1 Å². The van der Waals surface area contributed by atoms with Crippen LogP contribution in [0.15, 0.2) is 78.9 Å². The zero-order valence-corrected chi connectivity index (χ0v) is 18.4. The highest BCUT2D eigenvalue weighted by Gasteiger charge is 2.25. The van der Waals surface area contributed by atoms with Crippen molar-refractivity contribution in [1.82, 2.24) is 4.90 Å². The van der Waals surface area contributed by atoms with Crippen molar-refractivity contribution in [3.63, 3.8) is 0 Å². The molecule has 33 heavy (non-hydrogen) atoms. The fourth-order valence-electron chi connectivity index (χ4n) is 3.91. The van der Waals surface area contributed by atoms with Gasteiger partial charge in [-0.3, -0.25) is 14.9 Å². The maximum absolute atomic E-state index is 13.5. The van der Waals surface area contributed by atoms with Gasteiger partial charge in [-0.25, -0.2) is 0 Å². The van der Waals surface area contributed by atoms with E-state index in [2.05, 4.69) is 4.90 Å². The second kappa shape index (κ2) is 9.99. The Hall–Kier alpha value is -4.13. The molecule has 1 fully saturated rings. The number of non-ortho nitro benzene ring substituents is 1. The molecule has 1 heterocycles. The maximum Gasteiger partial charge on any atom is 0.270 e. The number of carbonyl (C=O) groups is 1. The van der Waals surface area contributed by atoms with Crippen molar-refractivity contribution in [2.45, 2.75) is 0 Å². The first-order valence-corrected chi connectivity index (χ1v) is 10.7. The molecule has 1 saturated heterocycles. The van der Waals surface area contributed by atoms with E-state index in [-0.39, 0.29) is 11.6 Å². The van der Waals surface area contributed by atoms with Gasteiger partial charge in [0.05, 0.1) is 12.0 Å². The molecular weight excluding hydrogens is 418 g/mol. The van der Waals surface area contributed by atoms with Crippen LogP contribution in [-0.4, -0.2) is 49.0 Å². The van der Waals surface area contributed by atoms with Crippen molar-refractivity contribution < 1.29 is 14.5 Å². The number of nitro benzene ring substituents is 1. The summed E-state index contributed by atoms with van der Waals surface area (Å²) in [6, 6.07) is 23.7. The number of ether oxygens (including phenoxy) is 1. The van der Waals surface area contributed by atoms with E-state index >= 15 is 0 Å². The predicted molar refractivity (Wildman–Crippen MR) is 129 cm³/mol. The number of rotatable bonds is 6. The van der Waals surface area contributed by atoms with E-state index in [1.165, 1.54) is 12.1 Å². The number of nitrogens with zero attached hydrogens (tertiary/aromatic N) is 3. The molecule has 1 aliphatic heterocycles. The maximum atomic E-state index is 13.5. The summed E-state index contributed by atoms with van der Waals surface area (Å²) in [7, 11) is 1.64. The summed E-state index contributed by atoms with van der Waals surface area (Å²) in [5.41, 5.74) is 3.02. The van der Waals surface area contributed by atoms with Crippen LogP contribution in [-0.2, 0) is 4.79 Å². The summed E-state index contributed by atoms with van der Waals surface area (Å²) in [5, 5.41) is 11.2. The number of piperazine rings is 1. The first-order chi connectivity index (χ1) is 16.0. The lowest BCUT2D eigenvalue weighted by atomic mass is 10.0. The Morgan fingerprint density at radius 3 is 2.27 bits per heavy atom. The van der Waals surface area contributed by atoms with Crippen molar-refractivity contribution >= 4 is 28.9 Å².